The summed E-state index contributed by atoms with van der Waals surface area (Å²) in [5.74, 6) is -0.830. The summed E-state index contributed by atoms with van der Waals surface area (Å²) in [7, 11) is 0. The number of hydrazine groups is 1. The molecule has 7 heteroatoms. The Morgan fingerprint density at radius 1 is 1.17 bits per heavy atom. The molecule has 3 N–H and O–H groups in total. The average Bonchev–Trinajstić information content (AvgIpc) is 2.99. The molecule has 2 heterocycles. The fourth-order valence-corrected chi connectivity index (χ4v) is 2.70. The molecule has 1 aliphatic rings. The van der Waals surface area contributed by atoms with E-state index >= 15 is 0 Å². The van der Waals surface area contributed by atoms with Crippen molar-refractivity contribution in [2.24, 2.45) is 0 Å². The van der Waals surface area contributed by atoms with E-state index in [1.807, 2.05) is 24.3 Å². The molecule has 0 bridgehead atoms. The molecule has 0 saturated carbocycles. The van der Waals surface area contributed by atoms with Crippen molar-refractivity contribution in [3.05, 3.63) is 36.0 Å². The quantitative estimate of drug-likeness (QED) is 0.736. The van der Waals surface area contributed by atoms with Crippen molar-refractivity contribution in [2.75, 3.05) is 13.1 Å². The molecule has 3 rings (SSSR count). The first-order valence-electron chi connectivity index (χ1n) is 7.58. The first kappa shape index (κ1) is 15.1. The first-order chi connectivity index (χ1) is 11.1. The maximum absolute atomic E-state index is 12.2. The van der Waals surface area contributed by atoms with Crippen LogP contribution in [0.25, 0.3) is 10.9 Å². The highest BCUT2D eigenvalue weighted by Crippen LogP contribution is 2.17. The Morgan fingerprint density at radius 2 is 2.00 bits per heavy atom. The van der Waals surface area contributed by atoms with Crippen molar-refractivity contribution in [3.8, 4) is 0 Å². The second-order valence-electron chi connectivity index (χ2n) is 5.52. The SMILES string of the molecule is O=C(CN1CCCCC1=O)NNC(=O)c1c[nH]c2ccccc12. The molecule has 0 unspecified atom stereocenters. The minimum atomic E-state index is -0.409. The molecule has 23 heavy (non-hydrogen) atoms. The third kappa shape index (κ3) is 3.33. The lowest BCUT2D eigenvalue weighted by Gasteiger charge is -2.25. The van der Waals surface area contributed by atoms with Gasteiger partial charge in [-0.15, -0.1) is 0 Å². The van der Waals surface area contributed by atoms with E-state index in [0.717, 1.165) is 23.7 Å². The zero-order valence-electron chi connectivity index (χ0n) is 12.6. The van der Waals surface area contributed by atoms with Gasteiger partial charge in [-0.2, -0.15) is 0 Å². The molecule has 1 aromatic heterocycles. The van der Waals surface area contributed by atoms with Crippen molar-refractivity contribution in [3.63, 3.8) is 0 Å². The monoisotopic (exact) mass is 314 g/mol. The summed E-state index contributed by atoms with van der Waals surface area (Å²) in [4.78, 5) is 40.2. The van der Waals surface area contributed by atoms with E-state index in [2.05, 4.69) is 15.8 Å². The first-order valence-corrected chi connectivity index (χ1v) is 7.58. The molecule has 3 amide bonds. The predicted octanol–water partition coefficient (Wildman–Crippen LogP) is 0.941. The summed E-state index contributed by atoms with van der Waals surface area (Å²) in [6.07, 6.45) is 3.85. The summed E-state index contributed by atoms with van der Waals surface area (Å²) < 4.78 is 0. The highest BCUT2D eigenvalue weighted by Gasteiger charge is 2.20. The van der Waals surface area contributed by atoms with E-state index in [-0.39, 0.29) is 12.5 Å². The number of nitrogens with zero attached hydrogens (tertiary/aromatic N) is 1. The Bertz CT molecular complexity index is 753. The minimum Gasteiger partial charge on any atom is -0.360 e. The van der Waals surface area contributed by atoms with E-state index < -0.39 is 11.8 Å². The van der Waals surface area contributed by atoms with Crippen LogP contribution in [0.5, 0.6) is 0 Å². The zero-order valence-corrected chi connectivity index (χ0v) is 12.6. The molecular formula is C16H18N4O3. The lowest BCUT2D eigenvalue weighted by Crippen LogP contribution is -2.48. The summed E-state index contributed by atoms with van der Waals surface area (Å²) in [5.41, 5.74) is 6.05. The molecule has 120 valence electrons. The van der Waals surface area contributed by atoms with Gasteiger partial charge in [-0.3, -0.25) is 25.2 Å². The molecule has 2 aromatic rings. The molecule has 0 atom stereocenters. The van der Waals surface area contributed by atoms with Gasteiger partial charge < -0.3 is 9.88 Å². The largest absolute Gasteiger partial charge is 0.360 e. The van der Waals surface area contributed by atoms with Gasteiger partial charge in [0.25, 0.3) is 11.8 Å². The van der Waals surface area contributed by atoms with Crippen molar-refractivity contribution < 1.29 is 14.4 Å². The third-order valence-corrected chi connectivity index (χ3v) is 3.91. The van der Waals surface area contributed by atoms with E-state index in [1.165, 1.54) is 4.90 Å². The summed E-state index contributed by atoms with van der Waals surface area (Å²) in [6, 6.07) is 7.41. The average molecular weight is 314 g/mol. The van der Waals surface area contributed by atoms with Crippen LogP contribution in [-0.4, -0.2) is 40.7 Å². The van der Waals surface area contributed by atoms with Crippen LogP contribution in [0.1, 0.15) is 29.6 Å². The predicted molar refractivity (Wildman–Crippen MR) is 84.3 cm³/mol. The molecule has 0 radical (unpaired) electrons. The maximum Gasteiger partial charge on any atom is 0.271 e. The number of nitrogens with one attached hydrogen (secondary N) is 3. The van der Waals surface area contributed by atoms with Crippen LogP contribution in [0, 0.1) is 0 Å². The van der Waals surface area contributed by atoms with Crippen molar-refractivity contribution in [1.29, 1.82) is 0 Å². The molecule has 1 saturated heterocycles. The number of carbonyl (C=O) groups is 3. The molecule has 1 aliphatic heterocycles. The van der Waals surface area contributed by atoms with Crippen LogP contribution in [0.4, 0.5) is 0 Å². The smallest absolute Gasteiger partial charge is 0.271 e. The second-order valence-corrected chi connectivity index (χ2v) is 5.52. The second kappa shape index (κ2) is 6.51. The molecule has 1 fully saturated rings. The van der Waals surface area contributed by atoms with Gasteiger partial charge in [-0.05, 0) is 18.9 Å². The number of rotatable bonds is 3. The number of fused-ring (bicyclic) bond motifs is 1. The topological polar surface area (TPSA) is 94.3 Å². The van der Waals surface area contributed by atoms with Crippen LogP contribution in [0.2, 0.25) is 0 Å². The van der Waals surface area contributed by atoms with Crippen molar-refractivity contribution in [1.82, 2.24) is 20.7 Å². The lowest BCUT2D eigenvalue weighted by atomic mass is 10.1. The van der Waals surface area contributed by atoms with Crippen LogP contribution >= 0.6 is 0 Å². The van der Waals surface area contributed by atoms with E-state index in [0.29, 0.717) is 18.5 Å². The fourth-order valence-electron chi connectivity index (χ4n) is 2.70. The Hall–Kier alpha value is -2.83. The van der Waals surface area contributed by atoms with Crippen molar-refractivity contribution >= 4 is 28.6 Å². The number of H-pyrrole nitrogens is 1. The van der Waals surface area contributed by atoms with Crippen molar-refractivity contribution in [2.45, 2.75) is 19.3 Å². The summed E-state index contributed by atoms with van der Waals surface area (Å²) in [6.45, 7) is 0.551. The lowest BCUT2D eigenvalue weighted by molar-refractivity contribution is -0.138. The number of hydrogen-bond acceptors (Lipinski definition) is 3. The maximum atomic E-state index is 12.2. The zero-order chi connectivity index (χ0) is 16.2. The molecule has 7 nitrogen and oxygen atoms in total. The van der Waals surface area contributed by atoms with Gasteiger partial charge in [-0.25, -0.2) is 0 Å². The van der Waals surface area contributed by atoms with Crippen LogP contribution < -0.4 is 10.9 Å². The Morgan fingerprint density at radius 3 is 2.83 bits per heavy atom. The number of aromatic nitrogens is 1. The number of amides is 3. The van der Waals surface area contributed by atoms with Gasteiger partial charge >= 0.3 is 0 Å². The van der Waals surface area contributed by atoms with E-state index in [4.69, 9.17) is 0 Å². The Balaban J connectivity index is 1.56. The fraction of sp³-hybridized carbons (Fsp3) is 0.312. The van der Waals surface area contributed by atoms with Gasteiger partial charge in [0.1, 0.15) is 6.54 Å². The molecular weight excluding hydrogens is 296 g/mol. The molecule has 1 aromatic carbocycles. The number of hydrogen-bond donors (Lipinski definition) is 3. The Kier molecular flexibility index (Phi) is 4.27. The number of carbonyl (C=O) groups excluding carboxylic acids is 3. The van der Waals surface area contributed by atoms with Gasteiger partial charge in [0.15, 0.2) is 0 Å². The highest BCUT2D eigenvalue weighted by atomic mass is 16.2. The van der Waals surface area contributed by atoms with E-state index in [1.54, 1.807) is 6.20 Å². The van der Waals surface area contributed by atoms with Gasteiger partial charge in [0.2, 0.25) is 5.91 Å². The van der Waals surface area contributed by atoms with Gasteiger partial charge in [0, 0.05) is 30.1 Å². The van der Waals surface area contributed by atoms with Crippen LogP contribution in [0.3, 0.4) is 0 Å². The van der Waals surface area contributed by atoms with Crippen LogP contribution in [0.15, 0.2) is 30.5 Å². The number of para-hydroxylation sites is 1. The minimum absolute atomic E-state index is 0.0191. The number of piperidine rings is 1. The third-order valence-electron chi connectivity index (χ3n) is 3.91. The highest BCUT2D eigenvalue weighted by molar-refractivity contribution is 6.07. The number of likely N-dealkylation sites (tertiary alicyclic amines) is 1. The molecule has 0 spiro atoms. The van der Waals surface area contributed by atoms with Crippen LogP contribution in [-0.2, 0) is 9.59 Å². The van der Waals surface area contributed by atoms with Gasteiger partial charge in [-0.1, -0.05) is 18.2 Å². The standard InChI is InChI=1S/C16H18N4O3/c21-14(10-20-8-4-3-7-15(20)22)18-19-16(23)12-9-17-13-6-2-1-5-11(12)13/h1-2,5-6,9,17H,3-4,7-8,10H2,(H,18,21)(H,19,23). The van der Waals surface area contributed by atoms with Gasteiger partial charge in [0.05, 0.1) is 5.56 Å². The molecule has 0 aliphatic carbocycles. The Labute approximate surface area is 133 Å². The normalized spacial score (nSPS) is 14.8. The summed E-state index contributed by atoms with van der Waals surface area (Å²) in [5, 5.41) is 0.783. The summed E-state index contributed by atoms with van der Waals surface area (Å²) >= 11 is 0. The van der Waals surface area contributed by atoms with E-state index in [9.17, 15) is 14.4 Å². The number of aromatic amines is 1. The number of benzene rings is 1.